The molecule has 0 bridgehead atoms. The summed E-state index contributed by atoms with van der Waals surface area (Å²) in [6.45, 7) is 3.61. The minimum Gasteiger partial charge on any atom is -0.340 e. The van der Waals surface area contributed by atoms with Crippen molar-refractivity contribution in [3.63, 3.8) is 0 Å². The summed E-state index contributed by atoms with van der Waals surface area (Å²) in [7, 11) is 1.80. The standard InChI is InChI=1S/C15H21FN2O/c1-11-7-8-17-14(9-11)15(19)18(2)10-12-3-5-13(16)6-4-12/h3-6,11,14,17H,7-10H2,1-2H3. The van der Waals surface area contributed by atoms with Crippen LogP contribution in [-0.2, 0) is 11.3 Å². The van der Waals surface area contributed by atoms with E-state index in [2.05, 4.69) is 12.2 Å². The van der Waals surface area contributed by atoms with E-state index in [4.69, 9.17) is 0 Å². The maximum atomic E-state index is 12.8. The second-order valence-electron chi connectivity index (χ2n) is 5.46. The topological polar surface area (TPSA) is 32.3 Å². The minimum absolute atomic E-state index is 0.0748. The van der Waals surface area contributed by atoms with E-state index in [-0.39, 0.29) is 17.8 Å². The normalized spacial score (nSPS) is 23.1. The number of halogens is 1. The molecule has 1 N–H and O–H groups in total. The smallest absolute Gasteiger partial charge is 0.239 e. The van der Waals surface area contributed by atoms with Gasteiger partial charge in [0.1, 0.15) is 5.82 Å². The third kappa shape index (κ3) is 3.77. The lowest BCUT2D eigenvalue weighted by molar-refractivity contribution is -0.133. The maximum Gasteiger partial charge on any atom is 0.239 e. The van der Waals surface area contributed by atoms with Gasteiger partial charge in [-0.3, -0.25) is 4.79 Å². The summed E-state index contributed by atoms with van der Waals surface area (Å²) in [6, 6.07) is 6.21. The number of benzene rings is 1. The van der Waals surface area contributed by atoms with Gasteiger partial charge in [0.05, 0.1) is 6.04 Å². The van der Waals surface area contributed by atoms with Gasteiger partial charge in [-0.25, -0.2) is 4.39 Å². The molecule has 104 valence electrons. The van der Waals surface area contributed by atoms with Crippen molar-refractivity contribution in [3.05, 3.63) is 35.6 Å². The van der Waals surface area contributed by atoms with Crippen molar-refractivity contribution in [1.82, 2.24) is 10.2 Å². The maximum absolute atomic E-state index is 12.8. The van der Waals surface area contributed by atoms with Gasteiger partial charge in [-0.15, -0.1) is 0 Å². The van der Waals surface area contributed by atoms with E-state index in [0.29, 0.717) is 12.5 Å². The zero-order valence-electron chi connectivity index (χ0n) is 11.5. The Labute approximate surface area is 113 Å². The predicted molar refractivity (Wildman–Crippen MR) is 73.1 cm³/mol. The number of nitrogens with one attached hydrogen (secondary N) is 1. The molecule has 2 unspecified atom stereocenters. The molecule has 19 heavy (non-hydrogen) atoms. The van der Waals surface area contributed by atoms with Gasteiger partial charge < -0.3 is 10.2 Å². The van der Waals surface area contributed by atoms with E-state index in [1.807, 2.05) is 0 Å². The first-order valence-corrected chi connectivity index (χ1v) is 6.79. The molecule has 0 radical (unpaired) electrons. The Morgan fingerprint density at radius 1 is 1.42 bits per heavy atom. The summed E-state index contributed by atoms with van der Waals surface area (Å²) >= 11 is 0. The first kappa shape index (κ1) is 14.0. The van der Waals surface area contributed by atoms with Crippen molar-refractivity contribution >= 4 is 5.91 Å². The number of hydrogen-bond donors (Lipinski definition) is 1. The highest BCUT2D eigenvalue weighted by Gasteiger charge is 2.26. The highest BCUT2D eigenvalue weighted by molar-refractivity contribution is 5.81. The summed E-state index contributed by atoms with van der Waals surface area (Å²) in [5.74, 6) is 0.464. The van der Waals surface area contributed by atoms with Crippen molar-refractivity contribution in [3.8, 4) is 0 Å². The van der Waals surface area contributed by atoms with Crippen LogP contribution in [0.25, 0.3) is 0 Å². The third-order valence-corrected chi connectivity index (χ3v) is 3.67. The van der Waals surface area contributed by atoms with Crippen LogP contribution in [0.3, 0.4) is 0 Å². The van der Waals surface area contributed by atoms with E-state index in [0.717, 1.165) is 24.9 Å². The summed E-state index contributed by atoms with van der Waals surface area (Å²) in [5, 5.41) is 3.27. The molecule has 1 aliphatic heterocycles. The van der Waals surface area contributed by atoms with E-state index >= 15 is 0 Å². The van der Waals surface area contributed by atoms with Crippen LogP contribution in [0.2, 0.25) is 0 Å². The average molecular weight is 264 g/mol. The second kappa shape index (κ2) is 6.15. The fourth-order valence-corrected chi connectivity index (χ4v) is 2.50. The molecule has 0 aromatic heterocycles. The zero-order valence-corrected chi connectivity index (χ0v) is 11.5. The number of hydrogen-bond acceptors (Lipinski definition) is 2. The molecule has 1 aromatic rings. The molecule has 2 atom stereocenters. The molecule has 0 aliphatic carbocycles. The molecule has 1 aliphatic rings. The Balaban J connectivity index is 1.93. The summed E-state index contributed by atoms with van der Waals surface area (Å²) < 4.78 is 12.8. The molecule has 1 aromatic carbocycles. The van der Waals surface area contributed by atoms with Gasteiger partial charge in [-0.05, 0) is 43.0 Å². The van der Waals surface area contributed by atoms with Crippen LogP contribution in [0.4, 0.5) is 4.39 Å². The van der Waals surface area contributed by atoms with Crippen LogP contribution in [0.15, 0.2) is 24.3 Å². The van der Waals surface area contributed by atoms with Crippen LogP contribution >= 0.6 is 0 Å². The molecular weight excluding hydrogens is 243 g/mol. The van der Waals surface area contributed by atoms with Crippen LogP contribution < -0.4 is 5.32 Å². The van der Waals surface area contributed by atoms with Gasteiger partial charge in [-0.2, -0.15) is 0 Å². The number of carbonyl (C=O) groups is 1. The lowest BCUT2D eigenvalue weighted by atomic mass is 9.93. The number of carbonyl (C=O) groups excluding carboxylic acids is 1. The predicted octanol–water partition coefficient (Wildman–Crippen LogP) is 2.17. The number of likely N-dealkylation sites (N-methyl/N-ethyl adjacent to an activating group) is 1. The molecule has 1 saturated heterocycles. The Hall–Kier alpha value is -1.42. The molecule has 2 rings (SSSR count). The van der Waals surface area contributed by atoms with Crippen LogP contribution in [0, 0.1) is 11.7 Å². The number of nitrogens with zero attached hydrogens (tertiary/aromatic N) is 1. The van der Waals surface area contributed by atoms with E-state index < -0.39 is 0 Å². The van der Waals surface area contributed by atoms with Gasteiger partial charge >= 0.3 is 0 Å². The first-order chi connectivity index (χ1) is 9.06. The molecule has 1 amide bonds. The molecule has 0 saturated carbocycles. The highest BCUT2D eigenvalue weighted by Crippen LogP contribution is 2.17. The summed E-state index contributed by atoms with van der Waals surface area (Å²) in [5.41, 5.74) is 0.945. The van der Waals surface area contributed by atoms with Crippen molar-refractivity contribution < 1.29 is 9.18 Å². The second-order valence-corrected chi connectivity index (χ2v) is 5.46. The largest absolute Gasteiger partial charge is 0.340 e. The first-order valence-electron chi connectivity index (χ1n) is 6.79. The Kier molecular flexibility index (Phi) is 4.53. The number of piperidine rings is 1. The molecule has 0 spiro atoms. The number of rotatable bonds is 3. The lowest BCUT2D eigenvalue weighted by Gasteiger charge is -2.30. The van der Waals surface area contributed by atoms with E-state index in [1.54, 1.807) is 24.1 Å². The van der Waals surface area contributed by atoms with Crippen molar-refractivity contribution in [1.29, 1.82) is 0 Å². The van der Waals surface area contributed by atoms with E-state index in [1.165, 1.54) is 12.1 Å². The van der Waals surface area contributed by atoms with Crippen LogP contribution in [0.5, 0.6) is 0 Å². The zero-order chi connectivity index (χ0) is 13.8. The highest BCUT2D eigenvalue weighted by atomic mass is 19.1. The molecule has 1 heterocycles. The Bertz CT molecular complexity index is 432. The summed E-state index contributed by atoms with van der Waals surface area (Å²) in [4.78, 5) is 14.0. The molecule has 3 nitrogen and oxygen atoms in total. The fraction of sp³-hybridized carbons (Fsp3) is 0.533. The van der Waals surface area contributed by atoms with Gasteiger partial charge in [0.15, 0.2) is 0 Å². The Morgan fingerprint density at radius 3 is 2.74 bits per heavy atom. The lowest BCUT2D eigenvalue weighted by Crippen LogP contribution is -2.48. The van der Waals surface area contributed by atoms with Gasteiger partial charge in [-0.1, -0.05) is 19.1 Å². The van der Waals surface area contributed by atoms with Crippen LogP contribution in [-0.4, -0.2) is 30.4 Å². The monoisotopic (exact) mass is 264 g/mol. The van der Waals surface area contributed by atoms with Crippen LogP contribution in [0.1, 0.15) is 25.3 Å². The van der Waals surface area contributed by atoms with Gasteiger partial charge in [0.25, 0.3) is 0 Å². The van der Waals surface area contributed by atoms with Crippen molar-refractivity contribution in [2.45, 2.75) is 32.4 Å². The fourth-order valence-electron chi connectivity index (χ4n) is 2.50. The quantitative estimate of drug-likeness (QED) is 0.907. The van der Waals surface area contributed by atoms with Crippen molar-refractivity contribution in [2.24, 2.45) is 5.92 Å². The van der Waals surface area contributed by atoms with Gasteiger partial charge in [0.2, 0.25) is 5.91 Å². The Morgan fingerprint density at radius 2 is 2.11 bits per heavy atom. The molecule has 1 fully saturated rings. The van der Waals surface area contributed by atoms with E-state index in [9.17, 15) is 9.18 Å². The molecule has 4 heteroatoms. The SMILES string of the molecule is CC1CCNC(C(=O)N(C)Cc2ccc(F)cc2)C1. The van der Waals surface area contributed by atoms with Crippen molar-refractivity contribution in [2.75, 3.05) is 13.6 Å². The third-order valence-electron chi connectivity index (χ3n) is 3.67. The number of amides is 1. The minimum atomic E-state index is -0.250. The summed E-state index contributed by atoms with van der Waals surface area (Å²) in [6.07, 6.45) is 2.03. The van der Waals surface area contributed by atoms with Gasteiger partial charge in [0, 0.05) is 13.6 Å². The molecular formula is C15H21FN2O. The average Bonchev–Trinajstić information content (AvgIpc) is 2.40.